The van der Waals surface area contributed by atoms with E-state index in [-0.39, 0.29) is 0 Å². The van der Waals surface area contributed by atoms with Crippen molar-refractivity contribution in [2.45, 2.75) is 57.5 Å². The van der Waals surface area contributed by atoms with Gasteiger partial charge in [0.1, 0.15) is 0 Å². The summed E-state index contributed by atoms with van der Waals surface area (Å²) in [5, 5.41) is 0. The highest BCUT2D eigenvalue weighted by molar-refractivity contribution is 5.13. The molecule has 0 bridgehead atoms. The molecule has 1 heteroatoms. The molecule has 2 aliphatic rings. The zero-order valence-electron chi connectivity index (χ0n) is 7.98. The summed E-state index contributed by atoms with van der Waals surface area (Å²) in [5.74, 6) is 0. The standard InChI is InChI=1S/C10H19N/c1-9(2,3)11-8-10(11)6-4-5-7-10/h4-8H2,1-3H3. The first-order chi connectivity index (χ1) is 5.05. The largest absolute Gasteiger partial charge is 0.290 e. The molecule has 1 atom stereocenters. The Bertz CT molecular complexity index is 160. The molecular formula is C10H19N. The van der Waals surface area contributed by atoms with Crippen LogP contribution in [0.5, 0.6) is 0 Å². The van der Waals surface area contributed by atoms with Gasteiger partial charge in [0, 0.05) is 17.6 Å². The lowest BCUT2D eigenvalue weighted by Crippen LogP contribution is -2.31. The van der Waals surface area contributed by atoms with Crippen LogP contribution in [0.15, 0.2) is 0 Å². The molecule has 1 saturated carbocycles. The van der Waals surface area contributed by atoms with Crippen molar-refractivity contribution in [3.63, 3.8) is 0 Å². The van der Waals surface area contributed by atoms with Gasteiger partial charge in [-0.2, -0.15) is 0 Å². The van der Waals surface area contributed by atoms with Gasteiger partial charge in [-0.15, -0.1) is 0 Å². The molecule has 0 aromatic carbocycles. The van der Waals surface area contributed by atoms with Crippen LogP contribution in [0, 0.1) is 0 Å². The smallest absolute Gasteiger partial charge is 0.0342 e. The Kier molecular flexibility index (Phi) is 1.39. The molecule has 2 fully saturated rings. The molecule has 64 valence electrons. The quantitative estimate of drug-likeness (QED) is 0.483. The monoisotopic (exact) mass is 153 g/mol. The van der Waals surface area contributed by atoms with E-state index in [0.717, 1.165) is 0 Å². The predicted molar refractivity (Wildman–Crippen MR) is 47.7 cm³/mol. The average molecular weight is 153 g/mol. The second-order valence-electron chi connectivity index (χ2n) is 5.19. The third kappa shape index (κ3) is 1.10. The fraction of sp³-hybridized carbons (Fsp3) is 1.00. The lowest BCUT2D eigenvalue weighted by Gasteiger charge is -2.24. The van der Waals surface area contributed by atoms with Crippen molar-refractivity contribution in [1.82, 2.24) is 4.90 Å². The molecule has 1 aliphatic heterocycles. The van der Waals surface area contributed by atoms with Gasteiger partial charge in [0.2, 0.25) is 0 Å². The van der Waals surface area contributed by atoms with Gasteiger partial charge in [0.25, 0.3) is 0 Å². The molecule has 0 aromatic rings. The topological polar surface area (TPSA) is 3.01 Å². The van der Waals surface area contributed by atoms with Gasteiger partial charge in [-0.1, -0.05) is 12.8 Å². The molecule has 0 aromatic heterocycles. The van der Waals surface area contributed by atoms with Crippen LogP contribution in [-0.2, 0) is 0 Å². The van der Waals surface area contributed by atoms with Gasteiger partial charge in [-0.3, -0.25) is 4.90 Å². The third-order valence-corrected chi connectivity index (χ3v) is 3.27. The van der Waals surface area contributed by atoms with Gasteiger partial charge in [0.05, 0.1) is 0 Å². The molecule has 2 rings (SSSR count). The van der Waals surface area contributed by atoms with E-state index in [0.29, 0.717) is 11.1 Å². The first-order valence-electron chi connectivity index (χ1n) is 4.82. The molecule has 1 saturated heterocycles. The van der Waals surface area contributed by atoms with E-state index in [1.165, 1.54) is 32.2 Å². The van der Waals surface area contributed by atoms with Crippen molar-refractivity contribution < 1.29 is 0 Å². The molecule has 1 aliphatic carbocycles. The van der Waals surface area contributed by atoms with Gasteiger partial charge in [-0.25, -0.2) is 0 Å². The summed E-state index contributed by atoms with van der Waals surface area (Å²) in [6.45, 7) is 8.37. The van der Waals surface area contributed by atoms with Crippen molar-refractivity contribution in [2.24, 2.45) is 0 Å². The summed E-state index contributed by atoms with van der Waals surface area (Å²) in [7, 11) is 0. The molecule has 11 heavy (non-hydrogen) atoms. The Morgan fingerprint density at radius 3 is 2.00 bits per heavy atom. The average Bonchev–Trinajstić information content (AvgIpc) is 2.31. The zero-order chi connectivity index (χ0) is 8.11. The molecule has 1 nitrogen and oxygen atoms in total. The zero-order valence-corrected chi connectivity index (χ0v) is 7.98. The van der Waals surface area contributed by atoms with E-state index in [1.807, 2.05) is 0 Å². The maximum Gasteiger partial charge on any atom is 0.0342 e. The Labute approximate surface area is 69.8 Å². The fourth-order valence-corrected chi connectivity index (χ4v) is 2.67. The minimum atomic E-state index is 0.421. The predicted octanol–water partition coefficient (Wildman–Crippen LogP) is 2.41. The second kappa shape index (κ2) is 2.01. The SMILES string of the molecule is CC(C)(C)N1CC12CCCC2. The highest BCUT2D eigenvalue weighted by Crippen LogP contribution is 2.50. The van der Waals surface area contributed by atoms with Gasteiger partial charge >= 0.3 is 0 Å². The number of hydrogen-bond acceptors (Lipinski definition) is 1. The van der Waals surface area contributed by atoms with Crippen molar-refractivity contribution in [2.75, 3.05) is 6.54 Å². The summed E-state index contributed by atoms with van der Waals surface area (Å²) in [5.41, 5.74) is 1.10. The van der Waals surface area contributed by atoms with Crippen LogP contribution in [0.25, 0.3) is 0 Å². The van der Waals surface area contributed by atoms with Crippen molar-refractivity contribution in [3.05, 3.63) is 0 Å². The van der Waals surface area contributed by atoms with E-state index >= 15 is 0 Å². The maximum atomic E-state index is 2.67. The van der Waals surface area contributed by atoms with Crippen LogP contribution in [-0.4, -0.2) is 22.5 Å². The molecule has 1 heterocycles. The highest BCUT2D eigenvalue weighted by atomic mass is 15.4. The molecule has 0 N–H and O–H groups in total. The highest BCUT2D eigenvalue weighted by Gasteiger charge is 2.56. The van der Waals surface area contributed by atoms with Crippen LogP contribution in [0.3, 0.4) is 0 Å². The van der Waals surface area contributed by atoms with E-state index in [1.54, 1.807) is 0 Å². The first kappa shape index (κ1) is 7.60. The number of rotatable bonds is 0. The minimum absolute atomic E-state index is 0.421. The molecular weight excluding hydrogens is 134 g/mol. The lowest BCUT2D eigenvalue weighted by molar-refractivity contribution is 0.243. The summed E-state index contributed by atoms with van der Waals surface area (Å²) < 4.78 is 0. The molecule has 1 spiro atoms. The van der Waals surface area contributed by atoms with E-state index < -0.39 is 0 Å². The minimum Gasteiger partial charge on any atom is -0.290 e. The summed E-state index contributed by atoms with van der Waals surface area (Å²) >= 11 is 0. The first-order valence-corrected chi connectivity index (χ1v) is 4.82. The van der Waals surface area contributed by atoms with Crippen LogP contribution in [0.2, 0.25) is 0 Å². The maximum absolute atomic E-state index is 2.67. The second-order valence-corrected chi connectivity index (χ2v) is 5.19. The number of nitrogens with zero attached hydrogens (tertiary/aromatic N) is 1. The van der Waals surface area contributed by atoms with Gasteiger partial charge < -0.3 is 0 Å². The van der Waals surface area contributed by atoms with Crippen LogP contribution < -0.4 is 0 Å². The normalized spacial score (nSPS) is 34.6. The van der Waals surface area contributed by atoms with Crippen molar-refractivity contribution >= 4 is 0 Å². The summed E-state index contributed by atoms with van der Waals surface area (Å²) in [6.07, 6.45) is 5.85. The Balaban J connectivity index is 2.03. The fourth-order valence-electron chi connectivity index (χ4n) is 2.67. The van der Waals surface area contributed by atoms with Crippen LogP contribution in [0.4, 0.5) is 0 Å². The molecule has 0 amide bonds. The Hall–Kier alpha value is -0.0400. The van der Waals surface area contributed by atoms with Crippen molar-refractivity contribution in [1.29, 1.82) is 0 Å². The Morgan fingerprint density at radius 1 is 1.09 bits per heavy atom. The van der Waals surface area contributed by atoms with Gasteiger partial charge in [0.15, 0.2) is 0 Å². The number of hydrogen-bond donors (Lipinski definition) is 0. The van der Waals surface area contributed by atoms with E-state index in [2.05, 4.69) is 25.7 Å². The van der Waals surface area contributed by atoms with Crippen molar-refractivity contribution in [3.8, 4) is 0 Å². The third-order valence-electron chi connectivity index (χ3n) is 3.27. The van der Waals surface area contributed by atoms with E-state index in [4.69, 9.17) is 0 Å². The van der Waals surface area contributed by atoms with Crippen LogP contribution >= 0.6 is 0 Å². The lowest BCUT2D eigenvalue weighted by atomic mass is 10.1. The molecule has 0 radical (unpaired) electrons. The Morgan fingerprint density at radius 2 is 1.64 bits per heavy atom. The summed E-state index contributed by atoms with van der Waals surface area (Å²) in [4.78, 5) is 2.67. The van der Waals surface area contributed by atoms with E-state index in [9.17, 15) is 0 Å². The summed E-state index contributed by atoms with van der Waals surface area (Å²) in [6, 6.07) is 0. The van der Waals surface area contributed by atoms with Crippen LogP contribution in [0.1, 0.15) is 46.5 Å². The van der Waals surface area contributed by atoms with Gasteiger partial charge in [-0.05, 0) is 33.6 Å². The molecule has 1 unspecified atom stereocenters.